The van der Waals surface area contributed by atoms with E-state index in [0.29, 0.717) is 0 Å². The zero-order valence-corrected chi connectivity index (χ0v) is 19.1. The molecule has 1 fully saturated rings. The molecule has 0 atom stereocenters. The maximum Gasteiger partial charge on any atom is 0.119 e. The minimum absolute atomic E-state index is 0.186. The van der Waals surface area contributed by atoms with Gasteiger partial charge in [-0.2, -0.15) is 0 Å². The third-order valence-corrected chi connectivity index (χ3v) is 6.31. The molecule has 2 aromatic rings. The molecule has 0 unspecified atom stereocenters. The smallest absolute Gasteiger partial charge is 0.119 e. The lowest BCUT2D eigenvalue weighted by molar-refractivity contribution is -0.0254. The lowest BCUT2D eigenvalue weighted by Crippen LogP contribution is -2.46. The van der Waals surface area contributed by atoms with Crippen molar-refractivity contribution in [3.8, 4) is 5.75 Å². The second kappa shape index (κ2) is 10.3. The maximum atomic E-state index is 11.1. The van der Waals surface area contributed by atoms with Crippen LogP contribution in [-0.2, 0) is 6.42 Å². The van der Waals surface area contributed by atoms with E-state index in [0.717, 1.165) is 63.3 Å². The number of aryl methyl sites for hydroxylation is 1. The number of rotatable bonds is 9. The summed E-state index contributed by atoms with van der Waals surface area (Å²) in [5.74, 6) is 0.902. The molecule has 0 radical (unpaired) electrons. The molecule has 4 heteroatoms. The minimum atomic E-state index is -0.548. The normalized spacial score (nSPS) is 16.6. The number of likely N-dealkylation sites (tertiary alicyclic amines) is 1. The van der Waals surface area contributed by atoms with Crippen LogP contribution >= 0.6 is 0 Å². The van der Waals surface area contributed by atoms with Gasteiger partial charge in [0.15, 0.2) is 0 Å². The van der Waals surface area contributed by atoms with E-state index in [1.54, 1.807) is 0 Å². The van der Waals surface area contributed by atoms with Crippen LogP contribution in [0.15, 0.2) is 48.5 Å². The quantitative estimate of drug-likeness (QED) is 0.651. The number of ether oxygens (including phenoxy) is 1. The predicted octanol–water partition coefficient (Wildman–Crippen LogP) is 4.68. The fourth-order valence-corrected chi connectivity index (χ4v) is 4.17. The molecule has 1 aliphatic heterocycles. The van der Waals surface area contributed by atoms with Crippen LogP contribution in [0.1, 0.15) is 44.2 Å². The van der Waals surface area contributed by atoms with Crippen LogP contribution in [0.5, 0.6) is 5.75 Å². The molecule has 0 amide bonds. The SMILES string of the molecule is Cc1ccccc1CCN1CCC(O)(CCN(C)c2ccc(OC(C)C)cc2)CC1. The van der Waals surface area contributed by atoms with E-state index < -0.39 is 5.60 Å². The van der Waals surface area contributed by atoms with Gasteiger partial charge in [-0.25, -0.2) is 0 Å². The summed E-state index contributed by atoms with van der Waals surface area (Å²) >= 11 is 0. The first kappa shape index (κ1) is 22.6. The first-order valence-corrected chi connectivity index (χ1v) is 11.3. The Labute approximate surface area is 182 Å². The molecule has 30 heavy (non-hydrogen) atoms. The Morgan fingerprint density at radius 2 is 1.73 bits per heavy atom. The summed E-state index contributed by atoms with van der Waals surface area (Å²) < 4.78 is 5.72. The number of hydrogen-bond acceptors (Lipinski definition) is 4. The minimum Gasteiger partial charge on any atom is -0.491 e. The Morgan fingerprint density at radius 1 is 1.07 bits per heavy atom. The topological polar surface area (TPSA) is 35.9 Å². The molecule has 4 nitrogen and oxygen atoms in total. The molecule has 0 spiro atoms. The van der Waals surface area contributed by atoms with Gasteiger partial charge in [0, 0.05) is 38.9 Å². The van der Waals surface area contributed by atoms with Crippen molar-refractivity contribution in [2.45, 2.75) is 58.2 Å². The van der Waals surface area contributed by atoms with Gasteiger partial charge in [-0.05, 0) is 81.8 Å². The van der Waals surface area contributed by atoms with Crippen molar-refractivity contribution >= 4 is 5.69 Å². The molecular formula is C26H38N2O2. The van der Waals surface area contributed by atoms with Crippen LogP contribution < -0.4 is 9.64 Å². The lowest BCUT2D eigenvalue weighted by Gasteiger charge is -2.39. The second-order valence-corrected chi connectivity index (χ2v) is 9.07. The average Bonchev–Trinajstić information content (AvgIpc) is 2.73. The highest BCUT2D eigenvalue weighted by Crippen LogP contribution is 2.27. The van der Waals surface area contributed by atoms with Crippen molar-refractivity contribution in [2.24, 2.45) is 0 Å². The maximum absolute atomic E-state index is 11.1. The zero-order chi connectivity index (χ0) is 21.6. The number of benzene rings is 2. The van der Waals surface area contributed by atoms with Crippen LogP contribution in [0.25, 0.3) is 0 Å². The van der Waals surface area contributed by atoms with Gasteiger partial charge >= 0.3 is 0 Å². The summed E-state index contributed by atoms with van der Waals surface area (Å²) in [4.78, 5) is 4.72. The van der Waals surface area contributed by atoms with Gasteiger partial charge in [0.2, 0.25) is 0 Å². The number of piperidine rings is 1. The Balaban J connectivity index is 1.42. The van der Waals surface area contributed by atoms with Crippen molar-refractivity contribution in [3.63, 3.8) is 0 Å². The van der Waals surface area contributed by atoms with Crippen LogP contribution in [-0.4, -0.2) is 54.9 Å². The van der Waals surface area contributed by atoms with E-state index in [2.05, 4.69) is 60.2 Å². The molecule has 164 valence electrons. The average molecular weight is 411 g/mol. The second-order valence-electron chi connectivity index (χ2n) is 9.07. The van der Waals surface area contributed by atoms with E-state index in [-0.39, 0.29) is 6.10 Å². The van der Waals surface area contributed by atoms with Crippen LogP contribution in [0.4, 0.5) is 5.69 Å². The number of anilines is 1. The molecule has 1 heterocycles. The van der Waals surface area contributed by atoms with E-state index in [1.807, 2.05) is 26.0 Å². The van der Waals surface area contributed by atoms with Gasteiger partial charge in [-0.1, -0.05) is 24.3 Å². The molecular weight excluding hydrogens is 372 g/mol. The van der Waals surface area contributed by atoms with Crippen molar-refractivity contribution in [1.29, 1.82) is 0 Å². The number of nitrogens with zero attached hydrogens (tertiary/aromatic N) is 2. The monoisotopic (exact) mass is 410 g/mol. The van der Waals surface area contributed by atoms with Crippen molar-refractivity contribution in [1.82, 2.24) is 4.90 Å². The highest BCUT2D eigenvalue weighted by molar-refractivity contribution is 5.48. The molecule has 0 bridgehead atoms. The summed E-state index contributed by atoms with van der Waals surface area (Å²) in [6.07, 6.45) is 3.79. The van der Waals surface area contributed by atoms with E-state index >= 15 is 0 Å². The van der Waals surface area contributed by atoms with Gasteiger partial charge in [-0.3, -0.25) is 0 Å². The Bertz CT molecular complexity index is 780. The molecule has 1 saturated heterocycles. The summed E-state index contributed by atoms with van der Waals surface area (Å²) in [5, 5.41) is 11.1. The Kier molecular flexibility index (Phi) is 7.79. The summed E-state index contributed by atoms with van der Waals surface area (Å²) in [6, 6.07) is 16.9. The third kappa shape index (κ3) is 6.48. The first-order chi connectivity index (χ1) is 14.3. The fraction of sp³-hybridized carbons (Fsp3) is 0.538. The lowest BCUT2D eigenvalue weighted by atomic mass is 9.88. The van der Waals surface area contributed by atoms with Crippen LogP contribution in [0.3, 0.4) is 0 Å². The molecule has 0 aromatic heterocycles. The van der Waals surface area contributed by atoms with Gasteiger partial charge in [0.1, 0.15) is 5.75 Å². The molecule has 1 aliphatic rings. The van der Waals surface area contributed by atoms with Crippen LogP contribution in [0.2, 0.25) is 0 Å². The zero-order valence-electron chi connectivity index (χ0n) is 19.1. The van der Waals surface area contributed by atoms with E-state index in [1.165, 1.54) is 11.1 Å². The summed E-state index contributed by atoms with van der Waals surface area (Å²) in [5.41, 5.74) is 3.42. The number of hydrogen-bond donors (Lipinski definition) is 1. The van der Waals surface area contributed by atoms with Gasteiger partial charge in [-0.15, -0.1) is 0 Å². The van der Waals surface area contributed by atoms with E-state index in [4.69, 9.17) is 4.74 Å². The highest BCUT2D eigenvalue weighted by Gasteiger charge is 2.32. The largest absolute Gasteiger partial charge is 0.491 e. The van der Waals surface area contributed by atoms with Gasteiger partial charge < -0.3 is 19.6 Å². The van der Waals surface area contributed by atoms with Crippen molar-refractivity contribution in [2.75, 3.05) is 38.1 Å². The van der Waals surface area contributed by atoms with Gasteiger partial charge in [0.05, 0.1) is 11.7 Å². The predicted molar refractivity (Wildman–Crippen MR) is 126 cm³/mol. The molecule has 2 aromatic carbocycles. The Morgan fingerprint density at radius 3 is 2.37 bits per heavy atom. The summed E-state index contributed by atoms with van der Waals surface area (Å²) in [6.45, 7) is 10.1. The fourth-order valence-electron chi connectivity index (χ4n) is 4.17. The van der Waals surface area contributed by atoms with Gasteiger partial charge in [0.25, 0.3) is 0 Å². The molecule has 3 rings (SSSR count). The summed E-state index contributed by atoms with van der Waals surface area (Å²) in [7, 11) is 2.10. The number of aliphatic hydroxyl groups is 1. The molecule has 0 saturated carbocycles. The molecule has 1 N–H and O–H groups in total. The highest BCUT2D eigenvalue weighted by atomic mass is 16.5. The van der Waals surface area contributed by atoms with Crippen LogP contribution in [0, 0.1) is 6.92 Å². The van der Waals surface area contributed by atoms with E-state index in [9.17, 15) is 5.11 Å². The standard InChI is InChI=1S/C26H38N2O2/c1-21(2)30-25-11-9-24(10-12-25)27(4)18-14-26(29)15-19-28(20-16-26)17-13-23-8-6-5-7-22(23)3/h5-12,21,29H,13-20H2,1-4H3. The van der Waals surface area contributed by atoms with Crippen molar-refractivity contribution < 1.29 is 9.84 Å². The third-order valence-electron chi connectivity index (χ3n) is 6.31. The molecule has 0 aliphatic carbocycles. The first-order valence-electron chi connectivity index (χ1n) is 11.3. The Hall–Kier alpha value is -2.04. The van der Waals surface area contributed by atoms with Crippen molar-refractivity contribution in [3.05, 3.63) is 59.7 Å².